The van der Waals surface area contributed by atoms with Crippen molar-refractivity contribution in [3.8, 4) is 12.3 Å². The molecular weight excluding hydrogens is 184 g/mol. The average molecular weight is 204 g/mol. The highest BCUT2D eigenvalue weighted by molar-refractivity contribution is 5.23. The van der Waals surface area contributed by atoms with Crippen LogP contribution in [-0.2, 0) is 0 Å². The van der Waals surface area contributed by atoms with E-state index in [0.717, 1.165) is 25.7 Å². The zero-order valence-electron chi connectivity index (χ0n) is 9.34. The fourth-order valence-corrected chi connectivity index (χ4v) is 3.00. The molecule has 0 aromatic carbocycles. The Morgan fingerprint density at radius 1 is 1.33 bits per heavy atom. The van der Waals surface area contributed by atoms with Crippen molar-refractivity contribution in [2.24, 2.45) is 5.92 Å². The minimum atomic E-state index is -0.846. The van der Waals surface area contributed by atoms with E-state index in [-0.39, 0.29) is 5.92 Å². The first-order valence-corrected chi connectivity index (χ1v) is 6.15. The third-order valence-electron chi connectivity index (χ3n) is 3.90. The molecule has 0 bridgehead atoms. The predicted molar refractivity (Wildman–Crippen MR) is 62.3 cm³/mol. The lowest BCUT2D eigenvalue weighted by molar-refractivity contribution is 0.0184. The van der Waals surface area contributed by atoms with Gasteiger partial charge in [-0.15, -0.1) is 6.42 Å². The molecule has 0 saturated heterocycles. The fraction of sp³-hybridized carbons (Fsp3) is 0.714. The first-order valence-electron chi connectivity index (χ1n) is 6.15. The molecule has 1 N–H and O–H groups in total. The molecule has 0 aromatic heterocycles. The molecule has 2 aliphatic carbocycles. The summed E-state index contributed by atoms with van der Waals surface area (Å²) in [6.45, 7) is 0. The molecule has 0 radical (unpaired) electrons. The maximum atomic E-state index is 10.4. The Hall–Kier alpha value is -0.740. The van der Waals surface area contributed by atoms with Gasteiger partial charge in [-0.25, -0.2) is 0 Å². The maximum absolute atomic E-state index is 10.4. The predicted octanol–water partition coefficient (Wildman–Crippen LogP) is 3.04. The first kappa shape index (κ1) is 10.8. The molecule has 1 fully saturated rings. The quantitative estimate of drug-likeness (QED) is 0.514. The Kier molecular flexibility index (Phi) is 3.17. The molecule has 82 valence electrons. The third kappa shape index (κ3) is 2.11. The monoisotopic (exact) mass is 204 g/mol. The number of hydrogen-bond donors (Lipinski definition) is 1. The second kappa shape index (κ2) is 4.41. The van der Waals surface area contributed by atoms with E-state index in [2.05, 4.69) is 12.0 Å². The van der Waals surface area contributed by atoms with Crippen LogP contribution in [0.5, 0.6) is 0 Å². The first-order chi connectivity index (χ1) is 7.26. The summed E-state index contributed by atoms with van der Waals surface area (Å²) in [6, 6.07) is 0. The smallest absolute Gasteiger partial charge is 0.131 e. The van der Waals surface area contributed by atoms with Crippen molar-refractivity contribution in [1.29, 1.82) is 0 Å². The van der Waals surface area contributed by atoms with E-state index >= 15 is 0 Å². The summed E-state index contributed by atoms with van der Waals surface area (Å²) >= 11 is 0. The van der Waals surface area contributed by atoms with Crippen LogP contribution in [-0.4, -0.2) is 10.7 Å². The van der Waals surface area contributed by atoms with Crippen molar-refractivity contribution in [2.45, 2.75) is 57.0 Å². The van der Waals surface area contributed by atoms with Gasteiger partial charge in [0.2, 0.25) is 0 Å². The van der Waals surface area contributed by atoms with E-state index in [1.807, 2.05) is 0 Å². The SMILES string of the molecule is C#CC1(O)CCCCC1C1=CCCCC1. The molecule has 0 heterocycles. The van der Waals surface area contributed by atoms with Crippen molar-refractivity contribution in [3.63, 3.8) is 0 Å². The molecule has 15 heavy (non-hydrogen) atoms. The van der Waals surface area contributed by atoms with Crippen LogP contribution in [0.4, 0.5) is 0 Å². The topological polar surface area (TPSA) is 20.2 Å². The second-order valence-corrected chi connectivity index (χ2v) is 4.89. The molecule has 0 aliphatic heterocycles. The number of allylic oxidation sites excluding steroid dienone is 1. The van der Waals surface area contributed by atoms with Crippen LogP contribution in [0.15, 0.2) is 11.6 Å². The van der Waals surface area contributed by atoms with Crippen LogP contribution in [0.3, 0.4) is 0 Å². The van der Waals surface area contributed by atoms with Gasteiger partial charge in [-0.1, -0.05) is 24.0 Å². The molecule has 1 heteroatoms. The normalized spacial score (nSPS) is 36.8. The van der Waals surface area contributed by atoms with Crippen molar-refractivity contribution in [2.75, 3.05) is 0 Å². The molecule has 1 saturated carbocycles. The van der Waals surface area contributed by atoms with E-state index in [0.29, 0.717) is 0 Å². The van der Waals surface area contributed by atoms with E-state index in [1.54, 1.807) is 0 Å². The van der Waals surface area contributed by atoms with Crippen molar-refractivity contribution in [1.82, 2.24) is 0 Å². The third-order valence-corrected chi connectivity index (χ3v) is 3.90. The number of hydrogen-bond acceptors (Lipinski definition) is 1. The molecule has 0 spiro atoms. The number of aliphatic hydroxyl groups is 1. The lowest BCUT2D eigenvalue weighted by Crippen LogP contribution is -2.40. The molecule has 2 rings (SSSR count). The van der Waals surface area contributed by atoms with Gasteiger partial charge in [0.1, 0.15) is 5.60 Å². The lowest BCUT2D eigenvalue weighted by Gasteiger charge is -2.38. The van der Waals surface area contributed by atoms with Gasteiger partial charge in [0.15, 0.2) is 0 Å². The van der Waals surface area contributed by atoms with Crippen LogP contribution in [0.2, 0.25) is 0 Å². The maximum Gasteiger partial charge on any atom is 0.131 e. The van der Waals surface area contributed by atoms with E-state index < -0.39 is 5.60 Å². The Morgan fingerprint density at radius 3 is 2.87 bits per heavy atom. The molecular formula is C14H20O. The summed E-state index contributed by atoms with van der Waals surface area (Å²) < 4.78 is 0. The lowest BCUT2D eigenvalue weighted by atomic mass is 9.70. The van der Waals surface area contributed by atoms with Gasteiger partial charge in [-0.2, -0.15) is 0 Å². The minimum Gasteiger partial charge on any atom is -0.377 e. The van der Waals surface area contributed by atoms with Gasteiger partial charge in [0.05, 0.1) is 0 Å². The van der Waals surface area contributed by atoms with Gasteiger partial charge in [-0.05, 0) is 44.9 Å². The Labute approximate surface area is 92.6 Å². The molecule has 1 nitrogen and oxygen atoms in total. The summed E-state index contributed by atoms with van der Waals surface area (Å²) in [7, 11) is 0. The van der Waals surface area contributed by atoms with Crippen LogP contribution >= 0.6 is 0 Å². The highest BCUT2D eigenvalue weighted by atomic mass is 16.3. The standard InChI is InChI=1S/C14H20O/c1-2-14(15)11-7-6-10-13(14)12-8-4-3-5-9-12/h1,8,13,15H,3-7,9-11H2. The van der Waals surface area contributed by atoms with Crippen LogP contribution in [0.25, 0.3) is 0 Å². The molecule has 2 unspecified atom stereocenters. The van der Waals surface area contributed by atoms with E-state index in [1.165, 1.54) is 31.3 Å². The Morgan fingerprint density at radius 2 is 2.20 bits per heavy atom. The van der Waals surface area contributed by atoms with Crippen LogP contribution in [0.1, 0.15) is 51.4 Å². The largest absolute Gasteiger partial charge is 0.377 e. The van der Waals surface area contributed by atoms with Crippen molar-refractivity contribution >= 4 is 0 Å². The van der Waals surface area contributed by atoms with Crippen molar-refractivity contribution < 1.29 is 5.11 Å². The summed E-state index contributed by atoms with van der Waals surface area (Å²) in [5.41, 5.74) is 0.586. The van der Waals surface area contributed by atoms with E-state index in [4.69, 9.17) is 6.42 Å². The molecule has 2 aliphatic rings. The average Bonchev–Trinajstić information content (AvgIpc) is 2.31. The Bertz CT molecular complexity index is 297. The Balaban J connectivity index is 2.18. The van der Waals surface area contributed by atoms with E-state index in [9.17, 15) is 5.11 Å². The highest BCUT2D eigenvalue weighted by Gasteiger charge is 2.39. The number of rotatable bonds is 1. The van der Waals surface area contributed by atoms with Gasteiger partial charge in [-0.3, -0.25) is 0 Å². The fourth-order valence-electron chi connectivity index (χ4n) is 3.00. The molecule has 0 amide bonds. The van der Waals surface area contributed by atoms with Gasteiger partial charge in [0.25, 0.3) is 0 Å². The zero-order chi connectivity index (χ0) is 10.7. The van der Waals surface area contributed by atoms with Crippen LogP contribution in [0, 0.1) is 18.3 Å². The molecule has 0 aromatic rings. The summed E-state index contributed by atoms with van der Waals surface area (Å²) in [5, 5.41) is 10.4. The van der Waals surface area contributed by atoms with Gasteiger partial charge < -0.3 is 5.11 Å². The van der Waals surface area contributed by atoms with Crippen molar-refractivity contribution in [3.05, 3.63) is 11.6 Å². The number of terminal acetylenes is 1. The summed E-state index contributed by atoms with van der Waals surface area (Å²) in [5.74, 6) is 2.89. The zero-order valence-corrected chi connectivity index (χ0v) is 9.34. The van der Waals surface area contributed by atoms with Crippen LogP contribution < -0.4 is 0 Å². The summed E-state index contributed by atoms with van der Waals surface area (Å²) in [4.78, 5) is 0. The van der Waals surface area contributed by atoms with Gasteiger partial charge >= 0.3 is 0 Å². The second-order valence-electron chi connectivity index (χ2n) is 4.89. The molecule has 2 atom stereocenters. The highest BCUT2D eigenvalue weighted by Crippen LogP contribution is 2.40. The van der Waals surface area contributed by atoms with Gasteiger partial charge in [0, 0.05) is 5.92 Å². The minimum absolute atomic E-state index is 0.247. The summed E-state index contributed by atoms with van der Waals surface area (Å²) in [6.07, 6.45) is 16.9.